The number of anilines is 1. The molecule has 1 aromatic heterocycles. The van der Waals surface area contributed by atoms with E-state index in [1.54, 1.807) is 11.3 Å². The van der Waals surface area contributed by atoms with Crippen LogP contribution >= 0.6 is 22.9 Å². The Hall–Kier alpha value is -2.11. The Morgan fingerprint density at radius 1 is 1.00 bits per heavy atom. The molecule has 1 aliphatic heterocycles. The lowest BCUT2D eigenvalue weighted by molar-refractivity contribution is 0.0746. The second-order valence-electron chi connectivity index (χ2n) is 7.55. The van der Waals surface area contributed by atoms with Gasteiger partial charge in [-0.2, -0.15) is 0 Å². The van der Waals surface area contributed by atoms with Crippen LogP contribution in [0.2, 0.25) is 5.02 Å². The number of para-hydroxylation sites is 1. The first-order valence-electron chi connectivity index (χ1n) is 9.90. The SMILES string of the molecule is O=C(c1ccc2c(c1)CCCC2)N1CCN(c2nc3c(Cl)cccc3s2)CC1. The van der Waals surface area contributed by atoms with Crippen molar-refractivity contribution < 1.29 is 4.79 Å². The minimum atomic E-state index is 0.153. The van der Waals surface area contributed by atoms with Gasteiger partial charge in [0.2, 0.25) is 0 Å². The van der Waals surface area contributed by atoms with Crippen LogP contribution in [0.25, 0.3) is 10.2 Å². The number of hydrogen-bond acceptors (Lipinski definition) is 4. The number of rotatable bonds is 2. The van der Waals surface area contributed by atoms with Crippen molar-refractivity contribution in [2.24, 2.45) is 0 Å². The Morgan fingerprint density at radius 3 is 2.57 bits per heavy atom. The normalized spacial score (nSPS) is 17.0. The average molecular weight is 412 g/mol. The van der Waals surface area contributed by atoms with E-state index in [0.717, 1.165) is 59.9 Å². The van der Waals surface area contributed by atoms with Crippen molar-refractivity contribution in [2.75, 3.05) is 31.1 Å². The summed E-state index contributed by atoms with van der Waals surface area (Å²) >= 11 is 7.93. The third kappa shape index (κ3) is 3.27. The molecule has 1 saturated heterocycles. The van der Waals surface area contributed by atoms with E-state index in [2.05, 4.69) is 23.1 Å². The number of carbonyl (C=O) groups is 1. The summed E-state index contributed by atoms with van der Waals surface area (Å²) in [5.41, 5.74) is 4.49. The molecule has 28 heavy (non-hydrogen) atoms. The standard InChI is InChI=1S/C22H22ClN3OS/c23-18-6-3-7-19-20(18)24-22(28-19)26-12-10-25(11-13-26)21(27)17-9-8-15-4-1-2-5-16(15)14-17/h3,6-9,14H,1-2,4-5,10-13H2. The molecule has 0 atom stereocenters. The minimum absolute atomic E-state index is 0.153. The van der Waals surface area contributed by atoms with Gasteiger partial charge in [0.1, 0.15) is 5.52 Å². The van der Waals surface area contributed by atoms with Crippen LogP contribution in [0.15, 0.2) is 36.4 Å². The third-order valence-electron chi connectivity index (χ3n) is 5.79. The number of fused-ring (bicyclic) bond motifs is 2. The van der Waals surface area contributed by atoms with Crippen molar-refractivity contribution in [2.45, 2.75) is 25.7 Å². The van der Waals surface area contributed by atoms with Crippen molar-refractivity contribution >= 4 is 44.2 Å². The van der Waals surface area contributed by atoms with E-state index in [1.165, 1.54) is 24.0 Å². The molecule has 0 bridgehead atoms. The van der Waals surface area contributed by atoms with Crippen molar-refractivity contribution in [1.29, 1.82) is 0 Å². The molecule has 1 aliphatic carbocycles. The Morgan fingerprint density at radius 2 is 1.79 bits per heavy atom. The first-order chi connectivity index (χ1) is 13.7. The molecule has 1 fully saturated rings. The molecular weight excluding hydrogens is 390 g/mol. The number of amides is 1. The Kier molecular flexibility index (Phi) is 4.73. The second kappa shape index (κ2) is 7.37. The van der Waals surface area contributed by atoms with Crippen molar-refractivity contribution in [3.05, 3.63) is 58.1 Å². The monoisotopic (exact) mass is 411 g/mol. The van der Waals surface area contributed by atoms with Gasteiger partial charge < -0.3 is 9.80 Å². The first kappa shape index (κ1) is 18.0. The van der Waals surface area contributed by atoms with Gasteiger partial charge in [-0.3, -0.25) is 4.79 Å². The zero-order valence-electron chi connectivity index (χ0n) is 15.7. The molecule has 0 saturated carbocycles. The lowest BCUT2D eigenvalue weighted by Crippen LogP contribution is -2.48. The molecule has 5 rings (SSSR count). The van der Waals surface area contributed by atoms with Crippen molar-refractivity contribution in [3.63, 3.8) is 0 Å². The molecule has 1 amide bonds. The van der Waals surface area contributed by atoms with Gasteiger partial charge in [-0.15, -0.1) is 0 Å². The summed E-state index contributed by atoms with van der Waals surface area (Å²) in [6.07, 6.45) is 4.74. The van der Waals surface area contributed by atoms with Crippen LogP contribution in [-0.2, 0) is 12.8 Å². The lowest BCUT2D eigenvalue weighted by Gasteiger charge is -2.34. The zero-order chi connectivity index (χ0) is 19.1. The number of piperazine rings is 1. The summed E-state index contributed by atoms with van der Waals surface area (Å²) in [7, 11) is 0. The van der Waals surface area contributed by atoms with Crippen LogP contribution in [-0.4, -0.2) is 42.0 Å². The molecule has 2 heterocycles. The summed E-state index contributed by atoms with van der Waals surface area (Å²) in [5.74, 6) is 0.153. The summed E-state index contributed by atoms with van der Waals surface area (Å²) in [4.78, 5) is 21.9. The highest BCUT2D eigenvalue weighted by molar-refractivity contribution is 7.22. The highest BCUT2D eigenvalue weighted by Crippen LogP contribution is 2.33. The largest absolute Gasteiger partial charge is 0.345 e. The molecule has 4 nitrogen and oxygen atoms in total. The fourth-order valence-corrected chi connectivity index (χ4v) is 5.51. The van der Waals surface area contributed by atoms with Crippen molar-refractivity contribution in [1.82, 2.24) is 9.88 Å². The summed E-state index contributed by atoms with van der Waals surface area (Å²) in [5, 5.41) is 1.69. The molecule has 144 valence electrons. The predicted molar refractivity (Wildman–Crippen MR) is 116 cm³/mol. The van der Waals surface area contributed by atoms with E-state index in [4.69, 9.17) is 16.6 Å². The third-order valence-corrected chi connectivity index (χ3v) is 7.18. The number of hydrogen-bond donors (Lipinski definition) is 0. The minimum Gasteiger partial charge on any atom is -0.345 e. The highest BCUT2D eigenvalue weighted by atomic mass is 35.5. The summed E-state index contributed by atoms with van der Waals surface area (Å²) in [6, 6.07) is 12.2. The van der Waals surface area contributed by atoms with Crippen LogP contribution < -0.4 is 4.90 Å². The van der Waals surface area contributed by atoms with E-state index >= 15 is 0 Å². The molecule has 0 N–H and O–H groups in total. The number of nitrogens with zero attached hydrogens (tertiary/aromatic N) is 3. The number of benzene rings is 2. The van der Waals surface area contributed by atoms with Crippen LogP contribution in [0, 0.1) is 0 Å². The highest BCUT2D eigenvalue weighted by Gasteiger charge is 2.25. The van der Waals surface area contributed by atoms with Gasteiger partial charge in [0.25, 0.3) is 5.91 Å². The topological polar surface area (TPSA) is 36.4 Å². The zero-order valence-corrected chi connectivity index (χ0v) is 17.2. The smallest absolute Gasteiger partial charge is 0.253 e. The maximum absolute atomic E-state index is 13.0. The quantitative estimate of drug-likeness (QED) is 0.608. The number of carbonyl (C=O) groups excluding carboxylic acids is 1. The molecule has 0 unspecified atom stereocenters. The van der Waals surface area contributed by atoms with Crippen LogP contribution in [0.3, 0.4) is 0 Å². The molecule has 0 radical (unpaired) electrons. The maximum Gasteiger partial charge on any atom is 0.253 e. The molecule has 2 aromatic carbocycles. The van der Waals surface area contributed by atoms with E-state index in [-0.39, 0.29) is 5.91 Å². The molecular formula is C22H22ClN3OS. The van der Waals surface area contributed by atoms with Crippen molar-refractivity contribution in [3.8, 4) is 0 Å². The van der Waals surface area contributed by atoms with Gasteiger partial charge in [-0.25, -0.2) is 4.98 Å². The van der Waals surface area contributed by atoms with Crippen LogP contribution in [0.5, 0.6) is 0 Å². The van der Waals surface area contributed by atoms with Gasteiger partial charge >= 0.3 is 0 Å². The van der Waals surface area contributed by atoms with Crippen LogP contribution in [0.4, 0.5) is 5.13 Å². The van der Waals surface area contributed by atoms with E-state index < -0.39 is 0 Å². The summed E-state index contributed by atoms with van der Waals surface area (Å²) < 4.78 is 1.11. The number of aryl methyl sites for hydroxylation is 2. The fourth-order valence-electron chi connectivity index (χ4n) is 4.19. The number of thiazole rings is 1. The summed E-state index contributed by atoms with van der Waals surface area (Å²) in [6.45, 7) is 3.04. The molecule has 3 aromatic rings. The Bertz CT molecular complexity index is 1040. The van der Waals surface area contributed by atoms with Gasteiger partial charge in [-0.05, 0) is 61.1 Å². The molecule has 2 aliphatic rings. The number of halogens is 1. The maximum atomic E-state index is 13.0. The number of aromatic nitrogens is 1. The molecule has 6 heteroatoms. The Labute approximate surface area is 173 Å². The van der Waals surface area contributed by atoms with Crippen LogP contribution in [0.1, 0.15) is 34.3 Å². The van der Waals surface area contributed by atoms with E-state index in [0.29, 0.717) is 5.02 Å². The fraction of sp³-hybridized carbons (Fsp3) is 0.364. The Balaban J connectivity index is 1.28. The van der Waals surface area contributed by atoms with Gasteiger partial charge in [-0.1, -0.05) is 35.1 Å². The second-order valence-corrected chi connectivity index (χ2v) is 8.97. The molecule has 0 spiro atoms. The van der Waals surface area contributed by atoms with Gasteiger partial charge in [0.05, 0.1) is 9.72 Å². The van der Waals surface area contributed by atoms with Gasteiger partial charge in [0.15, 0.2) is 5.13 Å². The van der Waals surface area contributed by atoms with E-state index in [9.17, 15) is 4.79 Å². The van der Waals surface area contributed by atoms with Gasteiger partial charge in [0, 0.05) is 31.7 Å². The lowest BCUT2D eigenvalue weighted by atomic mass is 9.90. The average Bonchev–Trinajstić information content (AvgIpc) is 3.19. The first-order valence-corrected chi connectivity index (χ1v) is 11.1. The van der Waals surface area contributed by atoms with E-state index in [1.807, 2.05) is 23.1 Å². The predicted octanol–water partition coefficient (Wildman–Crippen LogP) is 4.79.